The summed E-state index contributed by atoms with van der Waals surface area (Å²) in [5.41, 5.74) is 4.70. The number of hydrogen-bond acceptors (Lipinski definition) is 5. The highest BCUT2D eigenvalue weighted by Crippen LogP contribution is 2.31. The Morgan fingerprint density at radius 1 is 1.09 bits per heavy atom. The number of carbonyl (C=O) groups is 1. The molecule has 2 aliphatic heterocycles. The molecule has 6 heteroatoms. The molecule has 1 amide bonds. The van der Waals surface area contributed by atoms with E-state index in [-0.39, 0.29) is 17.2 Å². The van der Waals surface area contributed by atoms with Crippen LogP contribution in [0, 0.1) is 5.92 Å². The zero-order valence-corrected chi connectivity index (χ0v) is 19.8. The van der Waals surface area contributed by atoms with Crippen LogP contribution in [0.3, 0.4) is 0 Å². The number of fused-ring (bicyclic) bond motifs is 1. The lowest BCUT2D eigenvalue weighted by atomic mass is 9.87. The third-order valence-electron chi connectivity index (χ3n) is 6.84. The Bertz CT molecular complexity index is 1130. The summed E-state index contributed by atoms with van der Waals surface area (Å²) in [5, 5.41) is 4.20. The number of carbonyl (C=O) groups excluding carboxylic acids is 1. The Kier molecular flexibility index (Phi) is 5.79. The number of likely N-dealkylation sites (tertiary alicyclic amines) is 1. The van der Waals surface area contributed by atoms with Gasteiger partial charge in [0.05, 0.1) is 12.5 Å². The van der Waals surface area contributed by atoms with Crippen LogP contribution in [-0.4, -0.2) is 40.6 Å². The largest absolute Gasteiger partial charge is 0.338 e. The van der Waals surface area contributed by atoms with Gasteiger partial charge in [0, 0.05) is 24.3 Å². The van der Waals surface area contributed by atoms with Crippen LogP contribution in [0.15, 0.2) is 53.1 Å². The molecular weight excluding hydrogens is 412 g/mol. The van der Waals surface area contributed by atoms with Gasteiger partial charge in [0.15, 0.2) is 0 Å². The molecule has 0 saturated carbocycles. The minimum Gasteiger partial charge on any atom is -0.338 e. The lowest BCUT2D eigenvalue weighted by Gasteiger charge is -2.33. The van der Waals surface area contributed by atoms with Crippen LogP contribution < -0.4 is 4.90 Å². The summed E-state index contributed by atoms with van der Waals surface area (Å²) in [5.74, 6) is 1.47. The molecule has 6 nitrogen and oxygen atoms in total. The molecule has 172 valence electrons. The van der Waals surface area contributed by atoms with Gasteiger partial charge in [0.25, 0.3) is 0 Å². The highest BCUT2D eigenvalue weighted by atomic mass is 16.5. The van der Waals surface area contributed by atoms with Gasteiger partial charge in [-0.15, -0.1) is 0 Å². The van der Waals surface area contributed by atoms with Crippen LogP contribution in [-0.2, 0) is 23.2 Å². The van der Waals surface area contributed by atoms with Crippen molar-refractivity contribution in [3.05, 3.63) is 65.5 Å². The first-order valence-electron chi connectivity index (χ1n) is 11.9. The van der Waals surface area contributed by atoms with Crippen molar-refractivity contribution < 1.29 is 9.32 Å². The summed E-state index contributed by atoms with van der Waals surface area (Å²) in [7, 11) is 0. The SMILES string of the molecule is CC(C)(C)c1ccc(-c2noc(CN3CCCC(C(=O)N4CCc5ccccc54)C3)n2)cc1. The van der Waals surface area contributed by atoms with Crippen LogP contribution in [0.4, 0.5) is 5.69 Å². The van der Waals surface area contributed by atoms with Crippen molar-refractivity contribution in [1.82, 2.24) is 15.0 Å². The first-order valence-corrected chi connectivity index (χ1v) is 11.9. The third kappa shape index (κ3) is 4.58. The number of piperidine rings is 1. The van der Waals surface area contributed by atoms with Gasteiger partial charge in [0.1, 0.15) is 0 Å². The molecule has 0 radical (unpaired) electrons. The second-order valence-corrected chi connectivity index (χ2v) is 10.3. The van der Waals surface area contributed by atoms with Crippen LogP contribution in [0.1, 0.15) is 50.6 Å². The number of anilines is 1. The second-order valence-electron chi connectivity index (χ2n) is 10.3. The van der Waals surface area contributed by atoms with Gasteiger partial charge in [-0.1, -0.05) is 68.4 Å². The fourth-order valence-electron chi connectivity index (χ4n) is 4.94. The average molecular weight is 445 g/mol. The maximum atomic E-state index is 13.3. The van der Waals surface area contributed by atoms with E-state index >= 15 is 0 Å². The Hall–Kier alpha value is -2.99. The Morgan fingerprint density at radius 3 is 2.67 bits per heavy atom. The lowest BCUT2D eigenvalue weighted by molar-refractivity contribution is -0.124. The average Bonchev–Trinajstić information content (AvgIpc) is 3.46. The van der Waals surface area contributed by atoms with Crippen molar-refractivity contribution in [2.24, 2.45) is 5.92 Å². The zero-order chi connectivity index (χ0) is 23.0. The summed E-state index contributed by atoms with van der Waals surface area (Å²) < 4.78 is 5.56. The van der Waals surface area contributed by atoms with Crippen molar-refractivity contribution in [2.75, 3.05) is 24.5 Å². The van der Waals surface area contributed by atoms with E-state index in [0.717, 1.165) is 50.1 Å². The number of rotatable bonds is 4. The molecule has 33 heavy (non-hydrogen) atoms. The molecule has 1 fully saturated rings. The van der Waals surface area contributed by atoms with Gasteiger partial charge in [-0.3, -0.25) is 9.69 Å². The summed E-state index contributed by atoms with van der Waals surface area (Å²) >= 11 is 0. The Morgan fingerprint density at radius 2 is 1.88 bits per heavy atom. The van der Waals surface area contributed by atoms with Crippen molar-refractivity contribution in [3.63, 3.8) is 0 Å². The van der Waals surface area contributed by atoms with E-state index in [4.69, 9.17) is 4.52 Å². The van der Waals surface area contributed by atoms with Gasteiger partial charge in [-0.05, 0) is 48.4 Å². The smallest absolute Gasteiger partial charge is 0.241 e. The predicted octanol–water partition coefficient (Wildman–Crippen LogP) is 4.84. The summed E-state index contributed by atoms with van der Waals surface area (Å²) in [6.07, 6.45) is 2.88. The van der Waals surface area contributed by atoms with E-state index in [0.29, 0.717) is 18.3 Å². The number of aromatic nitrogens is 2. The molecule has 3 aromatic rings. The molecular formula is C27H32N4O2. The van der Waals surface area contributed by atoms with Gasteiger partial charge < -0.3 is 9.42 Å². The maximum absolute atomic E-state index is 13.3. The van der Waals surface area contributed by atoms with Crippen LogP contribution in [0.25, 0.3) is 11.4 Å². The van der Waals surface area contributed by atoms with E-state index < -0.39 is 0 Å². The first-order chi connectivity index (χ1) is 15.9. The van der Waals surface area contributed by atoms with Crippen LogP contribution in [0.2, 0.25) is 0 Å². The molecule has 1 atom stereocenters. The standard InChI is InChI=1S/C27H32N4O2/c1-27(2,3)22-12-10-20(11-13-22)25-28-24(33-29-25)18-30-15-6-8-21(17-30)26(32)31-16-14-19-7-4-5-9-23(19)31/h4-5,7,9-13,21H,6,8,14-18H2,1-3H3. The molecule has 1 saturated heterocycles. The monoisotopic (exact) mass is 444 g/mol. The molecule has 0 N–H and O–H groups in total. The molecule has 0 aliphatic carbocycles. The normalized spacial score (nSPS) is 19.0. The highest BCUT2D eigenvalue weighted by molar-refractivity contribution is 5.97. The molecule has 1 unspecified atom stereocenters. The van der Waals surface area contributed by atoms with E-state index in [1.54, 1.807) is 0 Å². The molecule has 5 rings (SSSR count). The van der Waals surface area contributed by atoms with E-state index in [1.807, 2.05) is 17.0 Å². The fourth-order valence-corrected chi connectivity index (χ4v) is 4.94. The summed E-state index contributed by atoms with van der Waals surface area (Å²) in [6.45, 7) is 9.64. The van der Waals surface area contributed by atoms with Crippen molar-refractivity contribution in [2.45, 2.75) is 52.0 Å². The fraction of sp³-hybridized carbons (Fsp3) is 0.444. The van der Waals surface area contributed by atoms with Crippen molar-refractivity contribution in [1.29, 1.82) is 0 Å². The third-order valence-corrected chi connectivity index (χ3v) is 6.84. The summed E-state index contributed by atoms with van der Waals surface area (Å²) in [6, 6.07) is 16.6. The van der Waals surface area contributed by atoms with Crippen molar-refractivity contribution in [3.8, 4) is 11.4 Å². The molecule has 3 heterocycles. The van der Waals surface area contributed by atoms with Gasteiger partial charge >= 0.3 is 0 Å². The quantitative estimate of drug-likeness (QED) is 0.576. The molecule has 2 aromatic carbocycles. The minimum absolute atomic E-state index is 0.0113. The zero-order valence-electron chi connectivity index (χ0n) is 19.8. The molecule has 0 bridgehead atoms. The Labute approximate surface area is 195 Å². The maximum Gasteiger partial charge on any atom is 0.241 e. The molecule has 1 aromatic heterocycles. The number of hydrogen-bond donors (Lipinski definition) is 0. The minimum atomic E-state index is 0.0113. The summed E-state index contributed by atoms with van der Waals surface area (Å²) in [4.78, 5) is 22.2. The predicted molar refractivity (Wildman–Crippen MR) is 129 cm³/mol. The molecule has 2 aliphatic rings. The van der Waals surface area contributed by atoms with E-state index in [1.165, 1.54) is 11.1 Å². The van der Waals surface area contributed by atoms with Crippen LogP contribution >= 0.6 is 0 Å². The number of para-hydroxylation sites is 1. The van der Waals surface area contributed by atoms with E-state index in [2.05, 4.69) is 72.2 Å². The number of benzene rings is 2. The Balaban J connectivity index is 1.23. The topological polar surface area (TPSA) is 62.5 Å². The van der Waals surface area contributed by atoms with Gasteiger partial charge in [-0.25, -0.2) is 0 Å². The molecule has 0 spiro atoms. The number of amides is 1. The van der Waals surface area contributed by atoms with Crippen LogP contribution in [0.5, 0.6) is 0 Å². The van der Waals surface area contributed by atoms with Crippen molar-refractivity contribution >= 4 is 11.6 Å². The van der Waals surface area contributed by atoms with Gasteiger partial charge in [0.2, 0.25) is 17.6 Å². The number of nitrogens with zero attached hydrogens (tertiary/aromatic N) is 4. The second kappa shape index (κ2) is 8.75. The van der Waals surface area contributed by atoms with Gasteiger partial charge in [-0.2, -0.15) is 4.98 Å². The highest BCUT2D eigenvalue weighted by Gasteiger charge is 2.33. The first kappa shape index (κ1) is 21.8. The van der Waals surface area contributed by atoms with E-state index in [9.17, 15) is 4.79 Å². The lowest BCUT2D eigenvalue weighted by Crippen LogP contribution is -2.44.